The molecule has 2 rings (SSSR count). The van der Waals surface area contributed by atoms with Crippen LogP contribution in [-0.4, -0.2) is 28.5 Å². The average molecular weight is 300 g/mol. The second-order valence-electron chi connectivity index (χ2n) is 4.90. The number of nitrogens with one attached hydrogen (secondary N) is 1. The fraction of sp³-hybridized carbons (Fsp3) is 0.312. The molecule has 0 aliphatic heterocycles. The molecule has 0 radical (unpaired) electrons. The molecule has 0 bridgehead atoms. The predicted octanol–water partition coefficient (Wildman–Crippen LogP) is 1.88. The van der Waals surface area contributed by atoms with Gasteiger partial charge in [0, 0.05) is 38.0 Å². The van der Waals surface area contributed by atoms with E-state index in [1.54, 1.807) is 31.6 Å². The van der Waals surface area contributed by atoms with E-state index >= 15 is 0 Å². The van der Waals surface area contributed by atoms with E-state index in [0.29, 0.717) is 11.3 Å². The predicted molar refractivity (Wildman–Crippen MR) is 87.4 cm³/mol. The molecule has 0 spiro atoms. The Morgan fingerprint density at radius 2 is 2.00 bits per heavy atom. The normalized spacial score (nSPS) is 10.3. The molecule has 0 saturated carbocycles. The molecular weight excluding hydrogens is 280 g/mol. The van der Waals surface area contributed by atoms with Crippen LogP contribution < -0.4 is 15.8 Å². The fourth-order valence-corrected chi connectivity index (χ4v) is 2.09. The molecule has 0 aromatic carbocycles. The zero-order chi connectivity index (χ0) is 16.1. The molecule has 0 aliphatic rings. The van der Waals surface area contributed by atoms with Gasteiger partial charge in [-0.1, -0.05) is 0 Å². The molecule has 22 heavy (non-hydrogen) atoms. The van der Waals surface area contributed by atoms with Crippen LogP contribution in [0.15, 0.2) is 41.5 Å². The molecule has 0 saturated heterocycles. The molecule has 6 heteroatoms. The van der Waals surface area contributed by atoms with Crippen molar-refractivity contribution in [3.63, 3.8) is 0 Å². The number of nitrogens with zero attached hydrogens (tertiary/aromatic N) is 3. The van der Waals surface area contributed by atoms with Crippen LogP contribution in [0.3, 0.4) is 0 Å². The first-order chi connectivity index (χ1) is 10.5. The zero-order valence-corrected chi connectivity index (χ0v) is 13.0. The summed E-state index contributed by atoms with van der Waals surface area (Å²) < 4.78 is 1.41. The van der Waals surface area contributed by atoms with Crippen LogP contribution in [0.25, 0.3) is 0 Å². The van der Waals surface area contributed by atoms with Crippen LogP contribution in [0.5, 0.6) is 0 Å². The first-order valence-electron chi connectivity index (χ1n) is 7.24. The van der Waals surface area contributed by atoms with Gasteiger partial charge >= 0.3 is 0 Å². The monoisotopic (exact) mass is 300 g/mol. The third kappa shape index (κ3) is 3.52. The van der Waals surface area contributed by atoms with Gasteiger partial charge in [0.05, 0.1) is 11.9 Å². The Kier molecular flexibility index (Phi) is 4.93. The molecule has 6 nitrogen and oxygen atoms in total. The number of pyridine rings is 2. The molecule has 0 unspecified atom stereocenters. The minimum absolute atomic E-state index is 0.220. The Hall–Kier alpha value is -2.63. The highest BCUT2D eigenvalue weighted by Crippen LogP contribution is 2.14. The highest BCUT2D eigenvalue weighted by molar-refractivity contribution is 6.04. The van der Waals surface area contributed by atoms with Gasteiger partial charge in [0.25, 0.3) is 11.5 Å². The van der Waals surface area contributed by atoms with Crippen molar-refractivity contribution < 1.29 is 4.79 Å². The number of aryl methyl sites for hydroxylation is 1. The smallest absolute Gasteiger partial charge is 0.255 e. The van der Waals surface area contributed by atoms with E-state index in [0.717, 1.165) is 18.9 Å². The summed E-state index contributed by atoms with van der Waals surface area (Å²) in [5.74, 6) is 0.548. The van der Waals surface area contributed by atoms with Gasteiger partial charge in [0.1, 0.15) is 5.82 Å². The number of anilines is 2. The van der Waals surface area contributed by atoms with Gasteiger partial charge in [-0.05, 0) is 32.0 Å². The lowest BCUT2D eigenvalue weighted by atomic mass is 10.2. The third-order valence-electron chi connectivity index (χ3n) is 3.46. The Morgan fingerprint density at radius 1 is 1.27 bits per heavy atom. The largest absolute Gasteiger partial charge is 0.357 e. The number of rotatable bonds is 5. The first kappa shape index (κ1) is 15.8. The lowest BCUT2D eigenvalue weighted by Crippen LogP contribution is -2.23. The summed E-state index contributed by atoms with van der Waals surface area (Å²) in [6.07, 6.45) is 3.19. The van der Waals surface area contributed by atoms with Crippen molar-refractivity contribution in [3.05, 3.63) is 52.6 Å². The van der Waals surface area contributed by atoms with Gasteiger partial charge in [-0.2, -0.15) is 0 Å². The summed E-state index contributed by atoms with van der Waals surface area (Å²) in [4.78, 5) is 30.1. The molecule has 2 aromatic rings. The average Bonchev–Trinajstić information content (AvgIpc) is 2.52. The van der Waals surface area contributed by atoms with Crippen molar-refractivity contribution in [1.82, 2.24) is 9.55 Å². The van der Waals surface area contributed by atoms with Gasteiger partial charge in [-0.15, -0.1) is 0 Å². The van der Waals surface area contributed by atoms with Crippen LogP contribution in [-0.2, 0) is 7.05 Å². The number of hydrogen-bond acceptors (Lipinski definition) is 4. The van der Waals surface area contributed by atoms with Gasteiger partial charge in [0.15, 0.2) is 0 Å². The minimum atomic E-state index is -0.324. The zero-order valence-electron chi connectivity index (χ0n) is 13.0. The summed E-state index contributed by atoms with van der Waals surface area (Å²) in [5, 5.41) is 2.74. The maximum absolute atomic E-state index is 12.1. The second kappa shape index (κ2) is 6.89. The molecule has 0 aliphatic carbocycles. The van der Waals surface area contributed by atoms with E-state index in [2.05, 4.69) is 29.0 Å². The standard InChI is InChI=1S/C16H20N4O2/c1-4-20(5-2)14-7-6-13(11-17-14)18-16(22)12-8-9-19(3)15(21)10-12/h6-11H,4-5H2,1-3H3,(H,18,22). The van der Waals surface area contributed by atoms with E-state index in [-0.39, 0.29) is 11.5 Å². The fourth-order valence-electron chi connectivity index (χ4n) is 2.09. The molecule has 1 amide bonds. The number of carbonyl (C=O) groups excluding carboxylic acids is 1. The lowest BCUT2D eigenvalue weighted by Gasteiger charge is -2.19. The summed E-state index contributed by atoms with van der Waals surface area (Å²) in [7, 11) is 1.64. The van der Waals surface area contributed by atoms with Crippen LogP contribution in [0.1, 0.15) is 24.2 Å². The van der Waals surface area contributed by atoms with E-state index in [9.17, 15) is 9.59 Å². The first-order valence-corrected chi connectivity index (χ1v) is 7.24. The number of aromatic nitrogens is 2. The third-order valence-corrected chi connectivity index (χ3v) is 3.46. The van der Waals surface area contributed by atoms with Gasteiger partial charge < -0.3 is 14.8 Å². The Morgan fingerprint density at radius 3 is 2.55 bits per heavy atom. The minimum Gasteiger partial charge on any atom is -0.357 e. The molecule has 1 N–H and O–H groups in total. The summed E-state index contributed by atoms with van der Waals surface area (Å²) in [6.45, 7) is 5.89. The Bertz CT molecular complexity index is 703. The maximum Gasteiger partial charge on any atom is 0.255 e. The van der Waals surface area contributed by atoms with Crippen LogP contribution in [0.2, 0.25) is 0 Å². The van der Waals surface area contributed by atoms with Gasteiger partial charge in [0.2, 0.25) is 0 Å². The molecule has 2 heterocycles. The van der Waals surface area contributed by atoms with Crippen molar-refractivity contribution in [1.29, 1.82) is 0 Å². The van der Waals surface area contributed by atoms with Crippen molar-refractivity contribution in [2.24, 2.45) is 7.05 Å². The molecule has 0 fully saturated rings. The Balaban J connectivity index is 2.11. The van der Waals surface area contributed by atoms with E-state index in [1.807, 2.05) is 6.07 Å². The van der Waals surface area contributed by atoms with Crippen LogP contribution in [0.4, 0.5) is 11.5 Å². The second-order valence-corrected chi connectivity index (χ2v) is 4.90. The highest BCUT2D eigenvalue weighted by atomic mass is 16.2. The van der Waals surface area contributed by atoms with Crippen LogP contribution in [0, 0.1) is 0 Å². The van der Waals surface area contributed by atoms with Gasteiger partial charge in [-0.3, -0.25) is 9.59 Å². The van der Waals surface area contributed by atoms with Crippen molar-refractivity contribution >= 4 is 17.4 Å². The topological polar surface area (TPSA) is 67.2 Å². The summed E-state index contributed by atoms with van der Waals surface area (Å²) in [5.41, 5.74) is 0.708. The SMILES string of the molecule is CCN(CC)c1ccc(NC(=O)c2ccn(C)c(=O)c2)cn1. The number of hydrogen-bond donors (Lipinski definition) is 1. The molecule has 2 aromatic heterocycles. The van der Waals surface area contributed by atoms with Crippen molar-refractivity contribution in [3.8, 4) is 0 Å². The highest BCUT2D eigenvalue weighted by Gasteiger charge is 2.08. The molecule has 0 atom stereocenters. The summed E-state index contributed by atoms with van der Waals surface area (Å²) >= 11 is 0. The molecular formula is C16H20N4O2. The van der Waals surface area contributed by atoms with Gasteiger partial charge in [-0.25, -0.2) is 4.98 Å². The number of amides is 1. The van der Waals surface area contributed by atoms with Crippen molar-refractivity contribution in [2.45, 2.75) is 13.8 Å². The number of carbonyl (C=O) groups is 1. The quantitative estimate of drug-likeness (QED) is 0.915. The van der Waals surface area contributed by atoms with Crippen LogP contribution >= 0.6 is 0 Å². The van der Waals surface area contributed by atoms with Crippen molar-refractivity contribution in [2.75, 3.05) is 23.3 Å². The maximum atomic E-state index is 12.1. The molecule has 116 valence electrons. The Labute approximate surface area is 129 Å². The van der Waals surface area contributed by atoms with E-state index in [1.165, 1.54) is 10.6 Å². The van der Waals surface area contributed by atoms with E-state index < -0.39 is 0 Å². The van der Waals surface area contributed by atoms with E-state index in [4.69, 9.17) is 0 Å². The lowest BCUT2D eigenvalue weighted by molar-refractivity contribution is 0.102. The summed E-state index contributed by atoms with van der Waals surface area (Å²) in [6, 6.07) is 6.59.